The van der Waals surface area contributed by atoms with E-state index in [2.05, 4.69) is 24.9 Å². The number of imidazole rings is 1. The Bertz CT molecular complexity index is 1050. The number of methoxy groups -OCH3 is 1. The predicted octanol–water partition coefficient (Wildman–Crippen LogP) is 3.56. The average Bonchev–Trinajstić information content (AvgIpc) is 3.34. The summed E-state index contributed by atoms with van der Waals surface area (Å²) in [6.45, 7) is 4.70. The number of hydrogen-bond acceptors (Lipinski definition) is 5. The SMILES string of the molecule is CCOC.Cc1cccc(-c2n[nH]c(C=O)c2-c2ccc3nccn3c2)n1. The van der Waals surface area contributed by atoms with Crippen molar-refractivity contribution in [2.45, 2.75) is 13.8 Å². The van der Waals surface area contributed by atoms with Crippen molar-refractivity contribution in [2.75, 3.05) is 13.7 Å². The molecule has 0 saturated heterocycles. The van der Waals surface area contributed by atoms with E-state index < -0.39 is 0 Å². The van der Waals surface area contributed by atoms with Gasteiger partial charge < -0.3 is 9.14 Å². The number of fused-ring (bicyclic) bond motifs is 1. The monoisotopic (exact) mass is 363 g/mol. The third kappa shape index (κ3) is 3.93. The number of aldehydes is 1. The van der Waals surface area contributed by atoms with Gasteiger partial charge in [-0.25, -0.2) is 4.98 Å². The summed E-state index contributed by atoms with van der Waals surface area (Å²) < 4.78 is 6.45. The van der Waals surface area contributed by atoms with Crippen molar-refractivity contribution in [2.24, 2.45) is 0 Å². The van der Waals surface area contributed by atoms with Gasteiger partial charge in [0.25, 0.3) is 0 Å². The molecule has 138 valence electrons. The molecule has 0 bridgehead atoms. The molecule has 0 atom stereocenters. The molecule has 0 unspecified atom stereocenters. The van der Waals surface area contributed by atoms with Crippen LogP contribution >= 0.6 is 0 Å². The third-order valence-electron chi connectivity index (χ3n) is 4.01. The predicted molar refractivity (Wildman–Crippen MR) is 104 cm³/mol. The van der Waals surface area contributed by atoms with Crippen LogP contribution in [0.4, 0.5) is 0 Å². The second-order valence-corrected chi connectivity index (χ2v) is 5.83. The molecule has 0 fully saturated rings. The lowest BCUT2D eigenvalue weighted by Gasteiger charge is -2.05. The first-order valence-corrected chi connectivity index (χ1v) is 8.57. The molecule has 0 aliphatic carbocycles. The summed E-state index contributed by atoms with van der Waals surface area (Å²) in [6, 6.07) is 9.57. The molecule has 4 aromatic heterocycles. The molecule has 1 N–H and O–H groups in total. The number of H-pyrrole nitrogens is 1. The largest absolute Gasteiger partial charge is 0.385 e. The molecule has 0 aliphatic heterocycles. The maximum Gasteiger partial charge on any atom is 0.168 e. The molecule has 0 amide bonds. The average molecular weight is 363 g/mol. The van der Waals surface area contributed by atoms with Crippen LogP contribution < -0.4 is 0 Å². The fraction of sp³-hybridized carbons (Fsp3) is 0.200. The first-order chi connectivity index (χ1) is 13.2. The molecular weight excluding hydrogens is 342 g/mol. The highest BCUT2D eigenvalue weighted by molar-refractivity contribution is 5.92. The van der Waals surface area contributed by atoms with Crippen LogP contribution in [-0.2, 0) is 4.74 Å². The van der Waals surface area contributed by atoms with Gasteiger partial charge in [-0.15, -0.1) is 0 Å². The minimum absolute atomic E-state index is 0.433. The Morgan fingerprint density at radius 1 is 1.26 bits per heavy atom. The van der Waals surface area contributed by atoms with Crippen LogP contribution in [0.2, 0.25) is 0 Å². The third-order valence-corrected chi connectivity index (χ3v) is 4.01. The zero-order valence-electron chi connectivity index (χ0n) is 15.5. The molecule has 0 spiro atoms. The number of nitrogens with zero attached hydrogens (tertiary/aromatic N) is 4. The summed E-state index contributed by atoms with van der Waals surface area (Å²) in [6.07, 6.45) is 6.31. The van der Waals surface area contributed by atoms with Gasteiger partial charge >= 0.3 is 0 Å². The maximum atomic E-state index is 11.4. The highest BCUT2D eigenvalue weighted by Crippen LogP contribution is 2.31. The fourth-order valence-electron chi connectivity index (χ4n) is 2.66. The minimum Gasteiger partial charge on any atom is -0.385 e. The van der Waals surface area contributed by atoms with E-state index in [0.29, 0.717) is 11.4 Å². The van der Waals surface area contributed by atoms with E-state index in [-0.39, 0.29) is 0 Å². The molecule has 0 aliphatic rings. The smallest absolute Gasteiger partial charge is 0.168 e. The van der Waals surface area contributed by atoms with Crippen molar-refractivity contribution in [3.63, 3.8) is 0 Å². The van der Waals surface area contributed by atoms with Gasteiger partial charge in [0, 0.05) is 49.1 Å². The second-order valence-electron chi connectivity index (χ2n) is 5.83. The number of nitrogens with one attached hydrogen (secondary N) is 1. The van der Waals surface area contributed by atoms with Crippen molar-refractivity contribution < 1.29 is 9.53 Å². The lowest BCUT2D eigenvalue weighted by molar-refractivity contribution is 0.111. The van der Waals surface area contributed by atoms with Gasteiger partial charge in [-0.05, 0) is 38.1 Å². The molecule has 0 aromatic carbocycles. The number of hydrogen-bond donors (Lipinski definition) is 1. The Hall–Kier alpha value is -3.32. The van der Waals surface area contributed by atoms with E-state index in [9.17, 15) is 4.79 Å². The van der Waals surface area contributed by atoms with Crippen molar-refractivity contribution in [3.05, 3.63) is 60.3 Å². The van der Waals surface area contributed by atoms with E-state index in [1.807, 2.05) is 61.0 Å². The first kappa shape index (κ1) is 18.5. The van der Waals surface area contributed by atoms with Gasteiger partial charge in [0.15, 0.2) is 6.29 Å². The van der Waals surface area contributed by atoms with Crippen molar-refractivity contribution >= 4 is 11.9 Å². The molecule has 4 heterocycles. The molecule has 27 heavy (non-hydrogen) atoms. The first-order valence-electron chi connectivity index (χ1n) is 8.57. The summed E-state index contributed by atoms with van der Waals surface area (Å²) in [7, 11) is 1.68. The lowest BCUT2D eigenvalue weighted by Crippen LogP contribution is -1.92. The summed E-state index contributed by atoms with van der Waals surface area (Å²) >= 11 is 0. The Kier molecular flexibility index (Phi) is 5.73. The number of aromatic amines is 1. The number of aromatic nitrogens is 5. The molecule has 7 heteroatoms. The van der Waals surface area contributed by atoms with E-state index in [1.165, 1.54) is 0 Å². The highest BCUT2D eigenvalue weighted by atomic mass is 16.5. The van der Waals surface area contributed by atoms with E-state index in [0.717, 1.165) is 41.1 Å². The van der Waals surface area contributed by atoms with E-state index >= 15 is 0 Å². The number of aryl methyl sites for hydroxylation is 1. The standard InChI is InChI=1S/C17H13N5O.C3H8O/c1-11-3-2-4-13(19-11)17-16(14(10-23)20-21-17)12-5-6-15-18-7-8-22(15)9-12;1-3-4-2/h2-10H,1H3,(H,20,21);3H2,1-2H3. The van der Waals surface area contributed by atoms with Gasteiger partial charge in [0.05, 0.1) is 5.69 Å². The summed E-state index contributed by atoms with van der Waals surface area (Å²) in [5.41, 5.74) is 5.20. The molecular formula is C20H21N5O2. The number of ether oxygens (including phenoxy) is 1. The summed E-state index contributed by atoms with van der Waals surface area (Å²) in [4.78, 5) is 20.2. The number of pyridine rings is 2. The topological polar surface area (TPSA) is 85.2 Å². The van der Waals surface area contributed by atoms with Gasteiger partial charge in [-0.2, -0.15) is 5.10 Å². The Morgan fingerprint density at radius 3 is 2.78 bits per heavy atom. The van der Waals surface area contributed by atoms with Gasteiger partial charge in [-0.3, -0.25) is 14.9 Å². The Balaban J connectivity index is 0.000000481. The molecule has 4 aromatic rings. The van der Waals surface area contributed by atoms with Crippen LogP contribution in [0.5, 0.6) is 0 Å². The van der Waals surface area contributed by atoms with Gasteiger partial charge in [-0.1, -0.05) is 6.07 Å². The van der Waals surface area contributed by atoms with Crippen LogP contribution in [0.3, 0.4) is 0 Å². The summed E-state index contributed by atoms with van der Waals surface area (Å²) in [5.74, 6) is 0. The van der Waals surface area contributed by atoms with E-state index in [4.69, 9.17) is 0 Å². The Morgan fingerprint density at radius 2 is 2.07 bits per heavy atom. The van der Waals surface area contributed by atoms with Gasteiger partial charge in [0.2, 0.25) is 0 Å². The van der Waals surface area contributed by atoms with Crippen molar-refractivity contribution in [1.29, 1.82) is 0 Å². The minimum atomic E-state index is 0.433. The van der Waals surface area contributed by atoms with Crippen LogP contribution in [0.25, 0.3) is 28.2 Å². The zero-order valence-corrected chi connectivity index (χ0v) is 15.5. The van der Waals surface area contributed by atoms with Crippen LogP contribution in [-0.4, -0.2) is 44.6 Å². The fourth-order valence-corrected chi connectivity index (χ4v) is 2.66. The normalized spacial score (nSPS) is 10.5. The second kappa shape index (κ2) is 8.37. The molecule has 7 nitrogen and oxygen atoms in total. The molecule has 4 rings (SSSR count). The summed E-state index contributed by atoms with van der Waals surface area (Å²) in [5, 5.41) is 7.10. The van der Waals surface area contributed by atoms with Gasteiger partial charge in [0.1, 0.15) is 17.0 Å². The quantitative estimate of drug-likeness (QED) is 0.560. The maximum absolute atomic E-state index is 11.4. The van der Waals surface area contributed by atoms with Crippen molar-refractivity contribution in [3.8, 4) is 22.5 Å². The van der Waals surface area contributed by atoms with Crippen LogP contribution in [0, 0.1) is 6.92 Å². The lowest BCUT2D eigenvalue weighted by atomic mass is 10.0. The highest BCUT2D eigenvalue weighted by Gasteiger charge is 2.18. The molecule has 0 radical (unpaired) electrons. The van der Waals surface area contributed by atoms with Crippen molar-refractivity contribution in [1.82, 2.24) is 24.6 Å². The molecule has 0 saturated carbocycles. The van der Waals surface area contributed by atoms with Crippen LogP contribution in [0.1, 0.15) is 23.1 Å². The number of rotatable bonds is 4. The van der Waals surface area contributed by atoms with E-state index in [1.54, 1.807) is 13.3 Å². The number of carbonyl (C=O) groups is 1. The Labute approximate surface area is 157 Å². The van der Waals surface area contributed by atoms with Crippen LogP contribution in [0.15, 0.2) is 48.9 Å². The number of carbonyl (C=O) groups excluding carboxylic acids is 1. The zero-order chi connectivity index (χ0) is 19.2.